The van der Waals surface area contributed by atoms with Crippen LogP contribution in [0.2, 0.25) is 0 Å². The van der Waals surface area contributed by atoms with E-state index in [1.807, 2.05) is 20.0 Å². The van der Waals surface area contributed by atoms with E-state index in [1.54, 1.807) is 66.8 Å². The van der Waals surface area contributed by atoms with Gasteiger partial charge in [0.15, 0.2) is 0 Å². The second-order valence-corrected chi connectivity index (χ2v) is 13.6. The molecule has 0 spiro atoms. The smallest absolute Gasteiger partial charge is 0.240 e. The summed E-state index contributed by atoms with van der Waals surface area (Å²) in [5.74, 6) is 0.824. The van der Waals surface area contributed by atoms with Crippen molar-refractivity contribution < 1.29 is 12.6 Å². The van der Waals surface area contributed by atoms with Crippen LogP contribution in [0.3, 0.4) is 0 Å². The fourth-order valence-corrected chi connectivity index (χ4v) is 6.95. The number of hydrogen-bond donors (Lipinski definition) is 4. The third-order valence-electron chi connectivity index (χ3n) is 6.22. The highest BCUT2D eigenvalue weighted by Crippen LogP contribution is 2.25. The van der Waals surface area contributed by atoms with Gasteiger partial charge in [0.05, 0.1) is 9.80 Å². The molecule has 0 radical (unpaired) electrons. The molecule has 1 aromatic heterocycles. The van der Waals surface area contributed by atoms with Crippen molar-refractivity contribution in [1.29, 1.82) is 4.78 Å². The SMILES string of the molecule is Cc1cnc(Nc2cccc(S(=N)(=O)N3CCN(C)CC3)c2)nc1NC1=CCC=CC(S(=O)(=O)NC(C)C)=C1. The minimum Gasteiger partial charge on any atom is -0.340 e. The number of nitrogens with one attached hydrogen (secondary N) is 4. The molecule has 1 unspecified atom stereocenters. The molecule has 2 aliphatic rings. The number of aryl methyl sites for hydroxylation is 1. The summed E-state index contributed by atoms with van der Waals surface area (Å²) >= 11 is 0. The Kier molecular flexibility index (Phi) is 8.86. The van der Waals surface area contributed by atoms with Gasteiger partial charge in [-0.15, -0.1) is 0 Å². The predicted molar refractivity (Wildman–Crippen MR) is 155 cm³/mol. The normalized spacial score (nSPS) is 18.7. The van der Waals surface area contributed by atoms with Crippen molar-refractivity contribution in [2.45, 2.75) is 38.1 Å². The fourth-order valence-electron chi connectivity index (χ4n) is 4.11. The van der Waals surface area contributed by atoms with Crippen LogP contribution in [0.5, 0.6) is 0 Å². The molecule has 1 aliphatic heterocycles. The minimum atomic E-state index is -3.66. The summed E-state index contributed by atoms with van der Waals surface area (Å²) < 4.78 is 51.8. The van der Waals surface area contributed by atoms with Gasteiger partial charge in [-0.25, -0.2) is 31.4 Å². The molecule has 0 bridgehead atoms. The van der Waals surface area contributed by atoms with Crippen LogP contribution in [-0.4, -0.2) is 71.1 Å². The van der Waals surface area contributed by atoms with Crippen LogP contribution in [0.1, 0.15) is 25.8 Å². The largest absolute Gasteiger partial charge is 0.340 e. The van der Waals surface area contributed by atoms with Gasteiger partial charge in [-0.1, -0.05) is 18.2 Å². The lowest BCUT2D eigenvalue weighted by Crippen LogP contribution is -2.46. The number of aromatic nitrogens is 2. The first-order valence-corrected chi connectivity index (χ1v) is 15.7. The maximum atomic E-state index is 13.4. The van der Waals surface area contributed by atoms with Gasteiger partial charge in [0.25, 0.3) is 0 Å². The molecule has 2 aromatic rings. The molecule has 0 amide bonds. The van der Waals surface area contributed by atoms with E-state index in [9.17, 15) is 12.6 Å². The Labute approximate surface area is 231 Å². The molecule has 4 N–H and O–H groups in total. The van der Waals surface area contributed by atoms with Crippen molar-refractivity contribution in [2.24, 2.45) is 0 Å². The second kappa shape index (κ2) is 12.0. The molecule has 2 heterocycles. The highest BCUT2D eigenvalue weighted by Gasteiger charge is 2.25. The number of benzene rings is 1. The quantitative estimate of drug-likeness (QED) is 0.357. The van der Waals surface area contributed by atoms with Crippen LogP contribution in [0, 0.1) is 11.7 Å². The van der Waals surface area contributed by atoms with E-state index in [0.29, 0.717) is 47.6 Å². The number of sulfonamides is 1. The molecule has 1 atom stereocenters. The number of hydrogen-bond acceptors (Lipinski definition) is 9. The first kappa shape index (κ1) is 28.9. The van der Waals surface area contributed by atoms with E-state index in [1.165, 1.54) is 0 Å². The zero-order valence-corrected chi connectivity index (χ0v) is 24.3. The molecule has 1 saturated heterocycles. The summed E-state index contributed by atoms with van der Waals surface area (Å²) in [5, 5.41) is 6.38. The van der Waals surface area contributed by atoms with Crippen LogP contribution in [0.4, 0.5) is 17.5 Å². The van der Waals surface area contributed by atoms with E-state index in [2.05, 4.69) is 30.2 Å². The van der Waals surface area contributed by atoms with E-state index in [4.69, 9.17) is 4.78 Å². The Morgan fingerprint density at radius 3 is 2.54 bits per heavy atom. The van der Waals surface area contributed by atoms with E-state index in [-0.39, 0.29) is 10.9 Å². The lowest BCUT2D eigenvalue weighted by atomic mass is 10.3. The zero-order valence-electron chi connectivity index (χ0n) is 22.6. The van der Waals surface area contributed by atoms with Crippen molar-refractivity contribution in [2.75, 3.05) is 43.9 Å². The topological polar surface area (TPSA) is 143 Å². The van der Waals surface area contributed by atoms with E-state index < -0.39 is 19.9 Å². The fraction of sp³-hybridized carbons (Fsp3) is 0.385. The average molecular weight is 573 g/mol. The van der Waals surface area contributed by atoms with Gasteiger partial charge in [-0.2, -0.15) is 4.98 Å². The average Bonchev–Trinajstić information content (AvgIpc) is 3.12. The number of nitrogens with zero attached hydrogens (tertiary/aromatic N) is 4. The zero-order chi connectivity index (χ0) is 28.2. The maximum absolute atomic E-state index is 13.4. The third kappa shape index (κ3) is 7.31. The van der Waals surface area contributed by atoms with Crippen LogP contribution >= 0.6 is 0 Å². The number of likely N-dealkylation sites (N-methyl/N-ethyl adjacent to an activating group) is 1. The molecule has 1 aromatic carbocycles. The minimum absolute atomic E-state index is 0.161. The molecular formula is C26H36N8O3S2. The summed E-state index contributed by atoms with van der Waals surface area (Å²) in [6, 6.07) is 6.75. The Morgan fingerprint density at radius 1 is 1.08 bits per heavy atom. The first-order chi connectivity index (χ1) is 18.4. The standard InChI is InChI=1S/C26H36N8O3S2/c1-19(2)32-39(36,37)24-10-6-5-8-21(17-24)29-25-20(3)18-28-26(31-25)30-22-9-7-11-23(16-22)38(27,35)34-14-12-33(4)13-15-34/h6-11,16-19,27,32H,5,12-15H2,1-4H3,(H2,28,29,30,31). The predicted octanol–water partition coefficient (Wildman–Crippen LogP) is 3.56. The lowest BCUT2D eigenvalue weighted by molar-refractivity contribution is 0.226. The third-order valence-corrected chi connectivity index (χ3v) is 9.87. The Balaban J connectivity index is 1.53. The van der Waals surface area contributed by atoms with Gasteiger partial charge in [-0.3, -0.25) is 0 Å². The molecule has 39 heavy (non-hydrogen) atoms. The molecule has 11 nitrogen and oxygen atoms in total. The van der Waals surface area contributed by atoms with Crippen LogP contribution < -0.4 is 15.4 Å². The van der Waals surface area contributed by atoms with Gasteiger partial charge in [-0.05, 0) is 64.6 Å². The summed E-state index contributed by atoms with van der Waals surface area (Å²) in [4.78, 5) is 11.7. The summed E-state index contributed by atoms with van der Waals surface area (Å²) in [6.07, 6.45) is 9.07. The monoisotopic (exact) mass is 572 g/mol. The Bertz CT molecular complexity index is 1510. The Morgan fingerprint density at radius 2 is 1.82 bits per heavy atom. The van der Waals surface area contributed by atoms with Gasteiger partial charge in [0, 0.05) is 55.4 Å². The van der Waals surface area contributed by atoms with Crippen LogP contribution in [0.25, 0.3) is 0 Å². The van der Waals surface area contributed by atoms with Crippen molar-refractivity contribution in [3.8, 4) is 0 Å². The van der Waals surface area contributed by atoms with Crippen molar-refractivity contribution in [3.63, 3.8) is 0 Å². The van der Waals surface area contributed by atoms with Crippen molar-refractivity contribution >= 4 is 37.4 Å². The molecule has 0 saturated carbocycles. The molecule has 1 fully saturated rings. The lowest BCUT2D eigenvalue weighted by Gasteiger charge is -2.33. The van der Waals surface area contributed by atoms with Gasteiger partial charge in [0.1, 0.15) is 15.7 Å². The van der Waals surface area contributed by atoms with E-state index >= 15 is 0 Å². The number of piperazine rings is 1. The second-order valence-electron chi connectivity index (χ2n) is 9.88. The first-order valence-electron chi connectivity index (χ1n) is 12.7. The van der Waals surface area contributed by atoms with Gasteiger partial charge >= 0.3 is 0 Å². The summed E-state index contributed by atoms with van der Waals surface area (Å²) in [5.41, 5.74) is 1.98. The number of rotatable bonds is 9. The van der Waals surface area contributed by atoms with Gasteiger partial charge < -0.3 is 15.5 Å². The highest BCUT2D eigenvalue weighted by atomic mass is 32.2. The van der Waals surface area contributed by atoms with Crippen LogP contribution in [-0.2, 0) is 19.9 Å². The summed E-state index contributed by atoms with van der Waals surface area (Å²) in [7, 11) is -4.77. The molecular weight excluding hydrogens is 536 g/mol. The number of allylic oxidation sites excluding steroid dienone is 4. The van der Waals surface area contributed by atoms with Crippen molar-refractivity contribution in [1.82, 2.24) is 23.9 Å². The molecule has 13 heteroatoms. The Hall–Kier alpha value is -3.10. The highest BCUT2D eigenvalue weighted by molar-refractivity contribution is 7.93. The van der Waals surface area contributed by atoms with Crippen LogP contribution in [0.15, 0.2) is 70.3 Å². The maximum Gasteiger partial charge on any atom is 0.240 e. The molecule has 1 aliphatic carbocycles. The number of anilines is 3. The molecule has 4 rings (SSSR count). The van der Waals surface area contributed by atoms with E-state index in [0.717, 1.165) is 18.7 Å². The van der Waals surface area contributed by atoms with Gasteiger partial charge in [0.2, 0.25) is 16.0 Å². The molecule has 210 valence electrons. The summed E-state index contributed by atoms with van der Waals surface area (Å²) in [6.45, 7) is 8.09. The van der Waals surface area contributed by atoms with Crippen molar-refractivity contribution in [3.05, 3.63) is 70.9 Å².